The van der Waals surface area contributed by atoms with Gasteiger partial charge in [-0.1, -0.05) is 25.6 Å². The van der Waals surface area contributed by atoms with Crippen LogP contribution in [0.5, 0.6) is 0 Å². The number of amides is 1. The van der Waals surface area contributed by atoms with Crippen molar-refractivity contribution in [2.75, 3.05) is 24.6 Å². The largest absolute Gasteiger partial charge is 0.383 e. The lowest BCUT2D eigenvalue weighted by Crippen LogP contribution is -2.43. The van der Waals surface area contributed by atoms with Crippen molar-refractivity contribution in [1.29, 1.82) is 0 Å². The van der Waals surface area contributed by atoms with Crippen LogP contribution >= 0.6 is 23.1 Å². The summed E-state index contributed by atoms with van der Waals surface area (Å²) in [5.41, 5.74) is 7.25. The van der Waals surface area contributed by atoms with Crippen LogP contribution in [0.2, 0.25) is 0 Å². The highest BCUT2D eigenvalue weighted by molar-refractivity contribution is 7.99. The van der Waals surface area contributed by atoms with Crippen LogP contribution in [0.15, 0.2) is 5.16 Å². The number of nitrogens with zero attached hydrogens (tertiary/aromatic N) is 3. The molecule has 7 heteroatoms. The SMILES string of the molecule is Cc1sc2nc(SCC(=O)N3CC(C)CC(C)C3)nc(N)c2c1C. The Hall–Kier alpha value is -1.34. The Balaban J connectivity index is 1.70. The Kier molecular flexibility index (Phi) is 5.01. The van der Waals surface area contributed by atoms with Crippen LogP contribution in [-0.2, 0) is 4.79 Å². The van der Waals surface area contributed by atoms with Crippen molar-refractivity contribution < 1.29 is 4.79 Å². The van der Waals surface area contributed by atoms with Gasteiger partial charge in [0, 0.05) is 18.0 Å². The maximum absolute atomic E-state index is 12.5. The molecular weight excluding hydrogens is 340 g/mol. The zero-order valence-corrected chi connectivity index (χ0v) is 16.3. The number of likely N-dealkylation sites (tertiary alicyclic amines) is 1. The molecule has 1 saturated heterocycles. The van der Waals surface area contributed by atoms with Gasteiger partial charge in [0.25, 0.3) is 0 Å². The summed E-state index contributed by atoms with van der Waals surface area (Å²) in [5, 5.41) is 1.54. The summed E-state index contributed by atoms with van der Waals surface area (Å²) >= 11 is 3.01. The number of thioether (sulfide) groups is 1. The number of carbonyl (C=O) groups is 1. The van der Waals surface area contributed by atoms with Gasteiger partial charge in [-0.15, -0.1) is 11.3 Å². The summed E-state index contributed by atoms with van der Waals surface area (Å²) in [6, 6.07) is 0. The summed E-state index contributed by atoms with van der Waals surface area (Å²) in [6.45, 7) is 10.2. The summed E-state index contributed by atoms with van der Waals surface area (Å²) in [4.78, 5) is 25.6. The fraction of sp³-hybridized carbons (Fsp3) is 0.588. The van der Waals surface area contributed by atoms with E-state index in [9.17, 15) is 4.79 Å². The highest BCUT2D eigenvalue weighted by Gasteiger charge is 2.25. The van der Waals surface area contributed by atoms with E-state index in [2.05, 4.69) is 30.7 Å². The van der Waals surface area contributed by atoms with Crippen LogP contribution in [0.3, 0.4) is 0 Å². The summed E-state index contributed by atoms with van der Waals surface area (Å²) in [5.74, 6) is 2.19. The normalized spacial score (nSPS) is 21.4. The Morgan fingerprint density at radius 2 is 1.96 bits per heavy atom. The van der Waals surface area contributed by atoms with Crippen LogP contribution in [0.25, 0.3) is 10.2 Å². The Labute approximate surface area is 151 Å². The van der Waals surface area contributed by atoms with E-state index in [-0.39, 0.29) is 5.91 Å². The molecule has 0 saturated carbocycles. The van der Waals surface area contributed by atoms with Gasteiger partial charge in [-0.3, -0.25) is 4.79 Å². The van der Waals surface area contributed by atoms with Crippen molar-refractivity contribution in [2.45, 2.75) is 39.3 Å². The van der Waals surface area contributed by atoms with Crippen LogP contribution in [0, 0.1) is 25.7 Å². The van der Waals surface area contributed by atoms with E-state index in [1.54, 1.807) is 11.3 Å². The minimum absolute atomic E-state index is 0.166. The average molecular weight is 365 g/mol. The van der Waals surface area contributed by atoms with E-state index in [0.29, 0.717) is 28.6 Å². The van der Waals surface area contributed by atoms with Gasteiger partial charge in [-0.2, -0.15) is 0 Å². The number of aromatic nitrogens is 2. The molecular formula is C17H24N4OS2. The fourth-order valence-corrected chi connectivity index (χ4v) is 5.26. The fourth-order valence-electron chi connectivity index (χ4n) is 3.41. The van der Waals surface area contributed by atoms with E-state index in [1.807, 2.05) is 11.8 Å². The number of rotatable bonds is 3. The predicted octanol–water partition coefficient (Wildman–Crippen LogP) is 3.49. The molecule has 2 aromatic heterocycles. The Morgan fingerprint density at radius 3 is 2.62 bits per heavy atom. The number of piperidine rings is 1. The molecule has 3 rings (SSSR count). The van der Waals surface area contributed by atoms with E-state index in [4.69, 9.17) is 5.73 Å². The van der Waals surface area contributed by atoms with Gasteiger partial charge in [0.2, 0.25) is 5.91 Å². The van der Waals surface area contributed by atoms with Crippen LogP contribution in [0.1, 0.15) is 30.7 Å². The molecule has 0 bridgehead atoms. The van der Waals surface area contributed by atoms with Crippen molar-refractivity contribution >= 4 is 45.0 Å². The summed E-state index contributed by atoms with van der Waals surface area (Å²) in [7, 11) is 0. The first-order chi connectivity index (χ1) is 11.3. The van der Waals surface area contributed by atoms with Gasteiger partial charge in [0.05, 0.1) is 11.1 Å². The average Bonchev–Trinajstić information content (AvgIpc) is 2.79. The van der Waals surface area contributed by atoms with Crippen LogP contribution in [-0.4, -0.2) is 39.6 Å². The first-order valence-corrected chi connectivity index (χ1v) is 10.1. The quantitative estimate of drug-likeness (QED) is 0.667. The number of nitrogen functional groups attached to an aromatic ring is 1. The Morgan fingerprint density at radius 1 is 1.29 bits per heavy atom. The number of thiophene rings is 1. The van der Waals surface area contributed by atoms with Gasteiger partial charge in [-0.25, -0.2) is 9.97 Å². The molecule has 1 aliphatic heterocycles. The number of hydrogen-bond acceptors (Lipinski definition) is 6. The van der Waals surface area contributed by atoms with Crippen molar-refractivity contribution in [3.63, 3.8) is 0 Å². The molecule has 2 atom stereocenters. The van der Waals surface area contributed by atoms with Gasteiger partial charge in [-0.05, 0) is 37.7 Å². The zero-order valence-electron chi connectivity index (χ0n) is 14.6. The third-order valence-electron chi connectivity index (χ3n) is 4.58. The standard InChI is InChI=1S/C17H24N4OS2/c1-9-5-10(2)7-21(6-9)13(22)8-23-17-19-15(18)14-11(3)12(4)24-16(14)20-17/h9-10H,5-8H2,1-4H3,(H2,18,19,20). The van der Waals surface area contributed by atoms with Gasteiger partial charge < -0.3 is 10.6 Å². The van der Waals surface area contributed by atoms with Crippen molar-refractivity contribution in [1.82, 2.24) is 14.9 Å². The first-order valence-electron chi connectivity index (χ1n) is 8.29. The molecule has 2 unspecified atom stereocenters. The molecule has 1 amide bonds. The predicted molar refractivity (Wildman–Crippen MR) is 102 cm³/mol. The van der Waals surface area contributed by atoms with Crippen molar-refractivity contribution in [3.05, 3.63) is 10.4 Å². The molecule has 130 valence electrons. The molecule has 1 fully saturated rings. The molecule has 0 spiro atoms. The number of nitrogens with two attached hydrogens (primary N) is 1. The number of carbonyl (C=O) groups excluding carboxylic acids is 1. The minimum Gasteiger partial charge on any atom is -0.383 e. The molecule has 0 aliphatic carbocycles. The minimum atomic E-state index is 0.166. The molecule has 2 N–H and O–H groups in total. The smallest absolute Gasteiger partial charge is 0.233 e. The Bertz CT molecular complexity index is 764. The number of aryl methyl sites for hydroxylation is 2. The van der Waals surface area contributed by atoms with Gasteiger partial charge in [0.1, 0.15) is 10.6 Å². The molecule has 0 aromatic carbocycles. The second-order valence-corrected chi connectivity index (χ2v) is 9.03. The second kappa shape index (κ2) is 6.88. The lowest BCUT2D eigenvalue weighted by Gasteiger charge is -2.34. The van der Waals surface area contributed by atoms with E-state index in [1.165, 1.54) is 23.1 Å². The van der Waals surface area contributed by atoms with Crippen LogP contribution < -0.4 is 5.73 Å². The monoisotopic (exact) mass is 364 g/mol. The highest BCUT2D eigenvalue weighted by Crippen LogP contribution is 2.33. The van der Waals surface area contributed by atoms with Gasteiger partial charge in [0.15, 0.2) is 5.16 Å². The molecule has 3 heterocycles. The number of fused-ring (bicyclic) bond motifs is 1. The third-order valence-corrected chi connectivity index (χ3v) is 6.52. The molecule has 0 radical (unpaired) electrons. The van der Waals surface area contributed by atoms with Crippen molar-refractivity contribution in [3.8, 4) is 0 Å². The number of anilines is 1. The van der Waals surface area contributed by atoms with Crippen LogP contribution in [0.4, 0.5) is 5.82 Å². The highest BCUT2D eigenvalue weighted by atomic mass is 32.2. The maximum Gasteiger partial charge on any atom is 0.233 e. The molecule has 5 nitrogen and oxygen atoms in total. The topological polar surface area (TPSA) is 72.1 Å². The lowest BCUT2D eigenvalue weighted by atomic mass is 9.92. The summed E-state index contributed by atoms with van der Waals surface area (Å²) in [6.07, 6.45) is 1.20. The molecule has 24 heavy (non-hydrogen) atoms. The molecule has 1 aliphatic rings. The lowest BCUT2D eigenvalue weighted by molar-refractivity contribution is -0.130. The maximum atomic E-state index is 12.5. The van der Waals surface area contributed by atoms with E-state index >= 15 is 0 Å². The summed E-state index contributed by atoms with van der Waals surface area (Å²) < 4.78 is 0. The zero-order chi connectivity index (χ0) is 17.4. The first kappa shape index (κ1) is 17.5. The third kappa shape index (κ3) is 3.52. The van der Waals surface area contributed by atoms with Gasteiger partial charge >= 0.3 is 0 Å². The van der Waals surface area contributed by atoms with Crippen molar-refractivity contribution in [2.24, 2.45) is 11.8 Å². The van der Waals surface area contributed by atoms with E-state index in [0.717, 1.165) is 28.9 Å². The molecule has 2 aromatic rings. The second-order valence-electron chi connectivity index (χ2n) is 6.89. The van der Waals surface area contributed by atoms with E-state index < -0.39 is 0 Å². The number of hydrogen-bond donors (Lipinski definition) is 1.